The van der Waals surface area contributed by atoms with E-state index in [-0.39, 0.29) is 33.7 Å². The molecule has 1 aromatic carbocycles. The summed E-state index contributed by atoms with van der Waals surface area (Å²) < 4.78 is 33.9. The van der Waals surface area contributed by atoms with E-state index in [9.17, 15) is 13.2 Å². The molecule has 0 unspecified atom stereocenters. The van der Waals surface area contributed by atoms with E-state index < -0.39 is 16.2 Å². The fraction of sp³-hybridized carbons (Fsp3) is 0.267. The number of rotatable bonds is 5. The van der Waals surface area contributed by atoms with Crippen molar-refractivity contribution in [2.24, 2.45) is 0 Å². The van der Waals surface area contributed by atoms with Crippen LogP contribution in [0.1, 0.15) is 17.3 Å². The van der Waals surface area contributed by atoms with Crippen molar-refractivity contribution in [2.45, 2.75) is 6.92 Å². The molecular weight excluding hydrogens is 417 g/mol. The van der Waals surface area contributed by atoms with Crippen LogP contribution < -0.4 is 0 Å². The van der Waals surface area contributed by atoms with Crippen molar-refractivity contribution in [3.8, 4) is 5.95 Å². The zero-order chi connectivity index (χ0) is 19.9. The van der Waals surface area contributed by atoms with E-state index in [4.69, 9.17) is 27.9 Å². The quantitative estimate of drug-likeness (QED) is 0.574. The summed E-state index contributed by atoms with van der Waals surface area (Å²) in [6.45, 7) is 1.88. The molecule has 144 valence electrons. The molecule has 2 heterocycles. The monoisotopic (exact) mass is 431 g/mol. The van der Waals surface area contributed by atoms with Crippen molar-refractivity contribution in [1.29, 1.82) is 0 Å². The first-order valence-corrected chi connectivity index (χ1v) is 9.84. The number of ether oxygens (including phenoxy) is 1. The Bertz CT molecular complexity index is 1140. The molecule has 27 heavy (non-hydrogen) atoms. The number of carbonyl (C=O) groups excluding carboxylic acids is 1. The maximum atomic E-state index is 12.9. The molecule has 3 rings (SSSR count). The van der Waals surface area contributed by atoms with E-state index in [1.807, 2.05) is 0 Å². The van der Waals surface area contributed by atoms with E-state index in [1.165, 1.54) is 43.3 Å². The maximum absolute atomic E-state index is 12.9. The molecule has 0 bridgehead atoms. The minimum atomic E-state index is -3.98. The third kappa shape index (κ3) is 3.41. The van der Waals surface area contributed by atoms with Crippen LogP contribution in [0.25, 0.3) is 17.0 Å². The van der Waals surface area contributed by atoms with Crippen LogP contribution in [0.2, 0.25) is 10.0 Å². The molecule has 0 radical (unpaired) electrons. The van der Waals surface area contributed by atoms with Crippen LogP contribution in [-0.4, -0.2) is 58.1 Å². The van der Waals surface area contributed by atoms with Gasteiger partial charge in [0.1, 0.15) is 0 Å². The predicted molar refractivity (Wildman–Crippen MR) is 101 cm³/mol. The Labute approximate surface area is 165 Å². The van der Waals surface area contributed by atoms with Gasteiger partial charge >= 0.3 is 16.2 Å². The molecule has 9 nitrogen and oxygen atoms in total. The largest absolute Gasteiger partial charge is 0.462 e. The summed E-state index contributed by atoms with van der Waals surface area (Å²) in [7, 11) is -1.21. The Hall–Kier alpha value is -2.14. The average Bonchev–Trinajstić information content (AvgIpc) is 3.20. The van der Waals surface area contributed by atoms with Gasteiger partial charge in [-0.1, -0.05) is 23.2 Å². The van der Waals surface area contributed by atoms with Crippen LogP contribution in [0, 0.1) is 0 Å². The number of aromatic nitrogens is 4. The summed E-state index contributed by atoms with van der Waals surface area (Å²) in [6.07, 6.45) is 2.61. The van der Waals surface area contributed by atoms with E-state index in [0.717, 1.165) is 8.28 Å². The van der Waals surface area contributed by atoms with Crippen molar-refractivity contribution in [3.05, 3.63) is 40.1 Å². The van der Waals surface area contributed by atoms with E-state index in [1.54, 1.807) is 6.92 Å². The van der Waals surface area contributed by atoms with Gasteiger partial charge in [0.05, 0.1) is 39.4 Å². The Morgan fingerprint density at radius 2 is 1.93 bits per heavy atom. The summed E-state index contributed by atoms with van der Waals surface area (Å²) in [5.41, 5.74) is 0.688. The van der Waals surface area contributed by atoms with Gasteiger partial charge in [-0.25, -0.2) is 14.5 Å². The third-order valence-electron chi connectivity index (χ3n) is 3.63. The third-order valence-corrected chi connectivity index (χ3v) is 6.10. The van der Waals surface area contributed by atoms with Gasteiger partial charge in [0.2, 0.25) is 5.95 Å². The van der Waals surface area contributed by atoms with Crippen molar-refractivity contribution in [2.75, 3.05) is 20.7 Å². The molecule has 0 spiro atoms. The van der Waals surface area contributed by atoms with Crippen LogP contribution in [0.5, 0.6) is 0 Å². The first kappa shape index (κ1) is 19.6. The second-order valence-corrected chi connectivity index (χ2v) is 8.42. The molecule has 0 saturated heterocycles. The summed E-state index contributed by atoms with van der Waals surface area (Å²) in [5, 5.41) is 4.46. The zero-order valence-corrected chi connectivity index (χ0v) is 16.9. The molecule has 0 aliphatic heterocycles. The number of nitrogens with zero attached hydrogens (tertiary/aromatic N) is 5. The van der Waals surface area contributed by atoms with Crippen LogP contribution >= 0.6 is 23.2 Å². The molecule has 0 aliphatic carbocycles. The van der Waals surface area contributed by atoms with Gasteiger partial charge in [-0.2, -0.15) is 21.8 Å². The number of imidazole rings is 1. The van der Waals surface area contributed by atoms with Crippen LogP contribution in [0.4, 0.5) is 0 Å². The van der Waals surface area contributed by atoms with Gasteiger partial charge in [0.15, 0.2) is 0 Å². The summed E-state index contributed by atoms with van der Waals surface area (Å²) in [4.78, 5) is 16.2. The van der Waals surface area contributed by atoms with E-state index in [0.29, 0.717) is 5.52 Å². The molecule has 3 aromatic rings. The Kier molecular flexibility index (Phi) is 5.17. The normalized spacial score (nSPS) is 12.1. The number of esters is 1. The van der Waals surface area contributed by atoms with Gasteiger partial charge in [-0.15, -0.1) is 0 Å². The van der Waals surface area contributed by atoms with Crippen molar-refractivity contribution in [3.63, 3.8) is 0 Å². The van der Waals surface area contributed by atoms with Crippen molar-refractivity contribution >= 4 is 50.4 Å². The minimum absolute atomic E-state index is 0.0485. The van der Waals surface area contributed by atoms with Crippen LogP contribution in [0.3, 0.4) is 0 Å². The molecule has 0 atom stereocenters. The lowest BCUT2D eigenvalue weighted by atomic mass is 10.3. The number of benzene rings is 1. The number of hydrogen-bond donors (Lipinski definition) is 0. The standard InChI is InChI=1S/C15H15Cl2N5O4S/c1-4-26-14(23)9-7-18-21(8-9)15-19-12-5-10(16)11(17)6-13(12)22(15)27(24,25)20(2)3/h5-8H,4H2,1-3H3. The van der Waals surface area contributed by atoms with Crippen LogP contribution in [0.15, 0.2) is 24.5 Å². The van der Waals surface area contributed by atoms with E-state index >= 15 is 0 Å². The Balaban J connectivity index is 2.28. The first-order chi connectivity index (χ1) is 12.7. The second-order valence-electron chi connectivity index (χ2n) is 5.62. The van der Waals surface area contributed by atoms with Gasteiger partial charge in [0.25, 0.3) is 0 Å². The fourth-order valence-electron chi connectivity index (χ4n) is 2.33. The highest BCUT2D eigenvalue weighted by atomic mass is 35.5. The van der Waals surface area contributed by atoms with E-state index in [2.05, 4.69) is 10.1 Å². The van der Waals surface area contributed by atoms with Gasteiger partial charge < -0.3 is 4.74 Å². The second kappa shape index (κ2) is 7.12. The molecule has 0 fully saturated rings. The summed E-state index contributed by atoms with van der Waals surface area (Å²) in [5.74, 6) is -0.624. The van der Waals surface area contributed by atoms with Gasteiger partial charge in [-0.05, 0) is 19.1 Å². The lowest BCUT2D eigenvalue weighted by Gasteiger charge is -2.15. The fourth-order valence-corrected chi connectivity index (χ4v) is 3.69. The lowest BCUT2D eigenvalue weighted by molar-refractivity contribution is 0.0526. The van der Waals surface area contributed by atoms with Gasteiger partial charge in [0, 0.05) is 20.3 Å². The summed E-state index contributed by atoms with van der Waals surface area (Å²) in [6, 6.07) is 2.87. The molecule has 0 saturated carbocycles. The SMILES string of the molecule is CCOC(=O)c1cnn(-c2nc3cc(Cl)c(Cl)cc3n2S(=O)(=O)N(C)C)c1. The minimum Gasteiger partial charge on any atom is -0.462 e. The summed E-state index contributed by atoms with van der Waals surface area (Å²) >= 11 is 12.1. The highest BCUT2D eigenvalue weighted by molar-refractivity contribution is 7.87. The first-order valence-electron chi connectivity index (χ1n) is 7.69. The topological polar surface area (TPSA) is 99.3 Å². The van der Waals surface area contributed by atoms with Gasteiger partial charge in [-0.3, -0.25) is 0 Å². The molecule has 2 aromatic heterocycles. The molecule has 0 amide bonds. The Morgan fingerprint density at radius 1 is 1.26 bits per heavy atom. The highest BCUT2D eigenvalue weighted by Crippen LogP contribution is 2.30. The average molecular weight is 432 g/mol. The Morgan fingerprint density at radius 3 is 2.56 bits per heavy atom. The number of carbonyl (C=O) groups is 1. The molecule has 0 N–H and O–H groups in total. The molecular formula is C15H15Cl2N5O4S. The lowest BCUT2D eigenvalue weighted by Crippen LogP contribution is -2.30. The number of halogens is 2. The maximum Gasteiger partial charge on any atom is 0.341 e. The molecule has 12 heteroatoms. The number of hydrogen-bond acceptors (Lipinski definition) is 6. The smallest absolute Gasteiger partial charge is 0.341 e. The number of fused-ring (bicyclic) bond motifs is 1. The zero-order valence-electron chi connectivity index (χ0n) is 14.5. The highest BCUT2D eigenvalue weighted by Gasteiger charge is 2.27. The van der Waals surface area contributed by atoms with Crippen molar-refractivity contribution < 1.29 is 17.9 Å². The van der Waals surface area contributed by atoms with Crippen LogP contribution in [-0.2, 0) is 14.9 Å². The van der Waals surface area contributed by atoms with Crippen molar-refractivity contribution in [1.82, 2.24) is 23.0 Å². The molecule has 0 aliphatic rings. The predicted octanol–water partition coefficient (Wildman–Crippen LogP) is 2.36.